The van der Waals surface area contributed by atoms with E-state index < -0.39 is 0 Å². The summed E-state index contributed by atoms with van der Waals surface area (Å²) in [5, 5.41) is 16.4. The van der Waals surface area contributed by atoms with Crippen molar-refractivity contribution in [1.29, 1.82) is 0 Å². The number of hydrogen-bond donors (Lipinski definition) is 3. The Morgan fingerprint density at radius 2 is 1.65 bits per heavy atom. The molecule has 0 spiro atoms. The van der Waals surface area contributed by atoms with Gasteiger partial charge in [0.25, 0.3) is 0 Å². The first-order chi connectivity index (χ1) is 15.2. The lowest BCUT2D eigenvalue weighted by Crippen LogP contribution is -2.38. The van der Waals surface area contributed by atoms with Gasteiger partial charge in [-0.3, -0.25) is 4.90 Å². The van der Waals surface area contributed by atoms with Crippen LogP contribution < -0.4 is 15.4 Å². The molecule has 0 bridgehead atoms. The van der Waals surface area contributed by atoms with Crippen LogP contribution in [0.5, 0.6) is 5.75 Å². The number of methoxy groups -OCH3 is 1. The van der Waals surface area contributed by atoms with Gasteiger partial charge in [0.1, 0.15) is 5.75 Å². The third-order valence-electron chi connectivity index (χ3n) is 5.62. The molecule has 0 amide bonds. The Morgan fingerprint density at radius 3 is 2.29 bits per heavy atom. The molecule has 0 aromatic heterocycles. The van der Waals surface area contributed by atoms with Gasteiger partial charge in [0.15, 0.2) is 5.96 Å². The van der Waals surface area contributed by atoms with Crippen molar-refractivity contribution in [3.63, 3.8) is 0 Å². The molecule has 31 heavy (non-hydrogen) atoms. The molecule has 6 heteroatoms. The number of nitrogens with one attached hydrogen (secondary N) is 2. The Hall–Kier alpha value is -2.57. The van der Waals surface area contributed by atoms with Crippen molar-refractivity contribution in [1.82, 2.24) is 15.5 Å². The van der Waals surface area contributed by atoms with E-state index in [0.29, 0.717) is 6.54 Å². The fourth-order valence-electron chi connectivity index (χ4n) is 3.72. The first-order valence-corrected chi connectivity index (χ1v) is 11.3. The van der Waals surface area contributed by atoms with Crippen molar-refractivity contribution in [3.8, 4) is 5.75 Å². The first kappa shape index (κ1) is 23.1. The summed E-state index contributed by atoms with van der Waals surface area (Å²) >= 11 is 0. The van der Waals surface area contributed by atoms with E-state index in [2.05, 4.69) is 58.9 Å². The predicted molar refractivity (Wildman–Crippen MR) is 126 cm³/mol. The summed E-state index contributed by atoms with van der Waals surface area (Å²) in [7, 11) is 1.68. The summed E-state index contributed by atoms with van der Waals surface area (Å²) in [6.07, 6.45) is 2.57. The molecule has 2 aromatic carbocycles. The molecule has 6 nitrogen and oxygen atoms in total. The van der Waals surface area contributed by atoms with Crippen LogP contribution in [0.4, 0.5) is 0 Å². The molecule has 3 N–H and O–H groups in total. The number of benzene rings is 2. The average Bonchev–Trinajstić information content (AvgIpc) is 2.80. The monoisotopic (exact) mass is 424 g/mol. The van der Waals surface area contributed by atoms with Gasteiger partial charge in [-0.15, -0.1) is 0 Å². The number of piperidine rings is 1. The second kappa shape index (κ2) is 12.3. The van der Waals surface area contributed by atoms with Gasteiger partial charge >= 0.3 is 0 Å². The highest BCUT2D eigenvalue weighted by atomic mass is 16.5. The fourth-order valence-corrected chi connectivity index (χ4v) is 3.72. The Bertz CT molecular complexity index is 797. The van der Waals surface area contributed by atoms with E-state index in [4.69, 9.17) is 9.73 Å². The molecular weight excluding hydrogens is 388 g/mol. The highest BCUT2D eigenvalue weighted by Crippen LogP contribution is 2.15. The Morgan fingerprint density at radius 1 is 1.00 bits per heavy atom. The number of aliphatic hydroxyl groups is 1. The summed E-state index contributed by atoms with van der Waals surface area (Å²) in [4.78, 5) is 7.14. The van der Waals surface area contributed by atoms with Crippen LogP contribution in [-0.2, 0) is 19.5 Å². The summed E-state index contributed by atoms with van der Waals surface area (Å²) in [6.45, 7) is 7.28. The van der Waals surface area contributed by atoms with E-state index in [9.17, 15) is 5.11 Å². The second-order valence-electron chi connectivity index (χ2n) is 8.04. The van der Waals surface area contributed by atoms with Crippen LogP contribution in [0.3, 0.4) is 0 Å². The molecule has 2 aromatic rings. The molecule has 1 saturated heterocycles. The maximum atomic E-state index is 9.65. The van der Waals surface area contributed by atoms with E-state index in [1.54, 1.807) is 7.11 Å². The summed E-state index contributed by atoms with van der Waals surface area (Å²) < 4.78 is 5.21. The molecular formula is C25H36N4O2. The van der Waals surface area contributed by atoms with Crippen molar-refractivity contribution >= 4 is 5.96 Å². The van der Waals surface area contributed by atoms with Crippen molar-refractivity contribution in [2.45, 2.75) is 45.4 Å². The van der Waals surface area contributed by atoms with Gasteiger partial charge in [0, 0.05) is 32.7 Å². The summed E-state index contributed by atoms with van der Waals surface area (Å²) in [5.74, 6) is 1.72. The predicted octanol–water partition coefficient (Wildman–Crippen LogP) is 2.95. The number of likely N-dealkylation sites (tertiary alicyclic amines) is 1. The minimum absolute atomic E-state index is 0.118. The maximum Gasteiger partial charge on any atom is 0.191 e. The highest BCUT2D eigenvalue weighted by molar-refractivity contribution is 5.79. The maximum absolute atomic E-state index is 9.65. The minimum Gasteiger partial charge on any atom is -0.497 e. The molecule has 0 unspecified atom stereocenters. The molecule has 1 heterocycles. The average molecular weight is 425 g/mol. The zero-order valence-electron chi connectivity index (χ0n) is 18.8. The number of aliphatic hydroxyl groups excluding tert-OH is 1. The van der Waals surface area contributed by atoms with Crippen molar-refractivity contribution in [3.05, 3.63) is 65.2 Å². The van der Waals surface area contributed by atoms with Crippen LogP contribution in [0.15, 0.2) is 53.5 Å². The zero-order chi connectivity index (χ0) is 21.9. The van der Waals surface area contributed by atoms with Crippen LogP contribution in [0, 0.1) is 0 Å². The lowest BCUT2D eigenvalue weighted by atomic mass is 10.1. The third-order valence-corrected chi connectivity index (χ3v) is 5.62. The van der Waals surface area contributed by atoms with E-state index in [1.807, 2.05) is 12.1 Å². The Balaban J connectivity index is 1.46. The van der Waals surface area contributed by atoms with Gasteiger partial charge in [-0.2, -0.15) is 0 Å². The number of guanidine groups is 1. The second-order valence-corrected chi connectivity index (χ2v) is 8.04. The number of hydrogen-bond acceptors (Lipinski definition) is 4. The van der Waals surface area contributed by atoms with Crippen molar-refractivity contribution < 1.29 is 9.84 Å². The van der Waals surface area contributed by atoms with Crippen LogP contribution in [0.25, 0.3) is 0 Å². The third kappa shape index (κ3) is 7.89. The number of nitrogens with zero attached hydrogens (tertiary/aromatic N) is 2. The molecule has 168 valence electrons. The first-order valence-electron chi connectivity index (χ1n) is 11.3. The molecule has 3 rings (SSSR count). The molecule has 0 atom stereocenters. The lowest BCUT2D eigenvalue weighted by Gasteiger charge is -2.29. The lowest BCUT2D eigenvalue weighted by molar-refractivity contribution is 0.0792. The summed E-state index contributed by atoms with van der Waals surface area (Å²) in [6, 6.07) is 16.9. The molecule has 1 aliphatic rings. The van der Waals surface area contributed by atoms with Crippen molar-refractivity contribution in [2.75, 3.05) is 33.3 Å². The van der Waals surface area contributed by atoms with E-state index in [0.717, 1.165) is 63.7 Å². The normalized spacial score (nSPS) is 15.6. The zero-order valence-corrected chi connectivity index (χ0v) is 18.8. The highest BCUT2D eigenvalue weighted by Gasteiger charge is 2.16. The standard InChI is InChI=1S/C25H36N4O2/c1-3-26-25(27-15-12-20-8-10-24(31-2)11-9-20)28-18-21-4-6-22(7-5-21)19-29-16-13-23(30)14-17-29/h4-11,23,30H,3,12-19H2,1-2H3,(H2,26,27,28). The Kier molecular flexibility index (Phi) is 9.18. The molecule has 0 radical (unpaired) electrons. The van der Waals surface area contributed by atoms with Gasteiger partial charge < -0.3 is 20.5 Å². The molecule has 0 saturated carbocycles. The van der Waals surface area contributed by atoms with Crippen LogP contribution in [0.1, 0.15) is 36.5 Å². The van der Waals surface area contributed by atoms with Crippen LogP contribution >= 0.6 is 0 Å². The molecule has 1 aliphatic heterocycles. The fraction of sp³-hybridized carbons (Fsp3) is 0.480. The number of rotatable bonds is 9. The topological polar surface area (TPSA) is 69.1 Å². The van der Waals surface area contributed by atoms with Gasteiger partial charge in [0.2, 0.25) is 0 Å². The van der Waals surface area contributed by atoms with Gasteiger partial charge in [-0.05, 0) is 55.0 Å². The number of aliphatic imine (C=N–C) groups is 1. The van der Waals surface area contributed by atoms with E-state index in [-0.39, 0.29) is 6.10 Å². The van der Waals surface area contributed by atoms with E-state index in [1.165, 1.54) is 16.7 Å². The molecule has 1 fully saturated rings. The van der Waals surface area contributed by atoms with Crippen LogP contribution in [0.2, 0.25) is 0 Å². The Labute approximate surface area is 186 Å². The molecule has 0 aliphatic carbocycles. The minimum atomic E-state index is -0.118. The SMILES string of the molecule is CCNC(=NCc1ccc(CN2CCC(O)CC2)cc1)NCCc1ccc(OC)cc1. The quantitative estimate of drug-likeness (QED) is 0.427. The smallest absolute Gasteiger partial charge is 0.191 e. The van der Waals surface area contributed by atoms with Crippen molar-refractivity contribution in [2.24, 2.45) is 4.99 Å². The van der Waals surface area contributed by atoms with Gasteiger partial charge in [0.05, 0.1) is 19.8 Å². The van der Waals surface area contributed by atoms with Gasteiger partial charge in [-0.1, -0.05) is 36.4 Å². The van der Waals surface area contributed by atoms with Crippen LogP contribution in [-0.4, -0.2) is 55.4 Å². The largest absolute Gasteiger partial charge is 0.497 e. The number of ether oxygens (including phenoxy) is 1. The summed E-state index contributed by atoms with van der Waals surface area (Å²) in [5.41, 5.74) is 3.78. The van der Waals surface area contributed by atoms with E-state index >= 15 is 0 Å². The van der Waals surface area contributed by atoms with Gasteiger partial charge in [-0.25, -0.2) is 4.99 Å².